The fourth-order valence-electron chi connectivity index (χ4n) is 14.0. The number of rotatable bonds is 11. The van der Waals surface area contributed by atoms with Crippen LogP contribution in [0.4, 0.5) is 85.3 Å². The summed E-state index contributed by atoms with van der Waals surface area (Å²) in [5, 5.41) is 4.75. The summed E-state index contributed by atoms with van der Waals surface area (Å²) in [4.78, 5) is 12.4. The molecular weight excluding hydrogens is 1030 g/mol. The van der Waals surface area contributed by atoms with E-state index in [1.165, 1.54) is 43.5 Å². The molecule has 0 saturated carbocycles. The van der Waals surface area contributed by atoms with Gasteiger partial charge in [0.05, 0.1) is 33.6 Å². The number of aromatic nitrogens is 1. The van der Waals surface area contributed by atoms with Gasteiger partial charge in [0.15, 0.2) is 0 Å². The maximum Gasteiger partial charge on any atom is 0.252 e. The van der Waals surface area contributed by atoms with Gasteiger partial charge in [0.25, 0.3) is 6.71 Å². The molecule has 4 heterocycles. The zero-order chi connectivity index (χ0) is 56.0. The molecular formula is C78H53BN6. The summed E-state index contributed by atoms with van der Waals surface area (Å²) in [7, 11) is 0. The Morgan fingerprint density at radius 1 is 0.259 bits per heavy atom. The van der Waals surface area contributed by atoms with Crippen molar-refractivity contribution in [3.05, 3.63) is 322 Å². The fourth-order valence-corrected chi connectivity index (χ4v) is 14.0. The topological polar surface area (TPSA) is 20.6 Å². The van der Waals surface area contributed by atoms with Crippen LogP contribution in [0.3, 0.4) is 0 Å². The monoisotopic (exact) mass is 1080 g/mol. The highest BCUT2D eigenvalue weighted by Gasteiger charge is 2.45. The van der Waals surface area contributed by atoms with E-state index < -0.39 is 0 Å². The molecule has 2 aliphatic rings. The third-order valence-corrected chi connectivity index (χ3v) is 17.3. The van der Waals surface area contributed by atoms with Gasteiger partial charge in [-0.15, -0.1) is 0 Å². The van der Waals surface area contributed by atoms with Crippen LogP contribution in [-0.4, -0.2) is 11.1 Å². The Labute approximate surface area is 494 Å². The predicted molar refractivity (Wildman–Crippen MR) is 359 cm³/mol. The van der Waals surface area contributed by atoms with E-state index in [4.69, 9.17) is 0 Å². The molecule has 0 fully saturated rings. The molecule has 17 rings (SSSR count). The fraction of sp³-hybridized carbons (Fsp3) is 0. The average Bonchev–Trinajstić information content (AvgIpc) is 1.80. The second-order valence-electron chi connectivity index (χ2n) is 22.0. The number of anilines is 15. The summed E-state index contributed by atoms with van der Waals surface area (Å²) in [6.07, 6.45) is 0. The van der Waals surface area contributed by atoms with Crippen molar-refractivity contribution in [2.24, 2.45) is 0 Å². The largest absolute Gasteiger partial charge is 0.311 e. The normalized spacial score (nSPS) is 12.4. The van der Waals surface area contributed by atoms with Gasteiger partial charge in [0.1, 0.15) is 0 Å². The highest BCUT2D eigenvalue weighted by molar-refractivity contribution is 7.00. The molecule has 0 N–H and O–H groups in total. The standard InChI is InChI=1S/C78H53BN6/c1-9-29-54(30-10-1)80(55-31-11-2-12-32-55)62-49-73-77-74(50-62)84(61-43-23-8-24-44-61)70-52-69-64(51-66(70)79(77)65-46-26-28-48-68(65)83(73)60-41-21-7-22-42-60)76-72(82(58-37-17-5-18-38-58)59-39-19-6-20-40-59)53-71(75-63-45-25-27-47-67(63)85(69)78(75)76)81(56-33-13-3-14-34-56)57-35-15-4-16-36-57/h1-53H. The third kappa shape index (κ3) is 7.60. The molecule has 7 heteroatoms. The summed E-state index contributed by atoms with van der Waals surface area (Å²) >= 11 is 0. The molecule has 0 unspecified atom stereocenters. The Morgan fingerprint density at radius 3 is 1.13 bits per heavy atom. The number of hydrogen-bond donors (Lipinski definition) is 0. The van der Waals surface area contributed by atoms with Crippen molar-refractivity contribution in [3.63, 3.8) is 0 Å². The number of benzene rings is 13. The SMILES string of the molecule is c1ccc(N(c2ccccc2)c2cc3c4c(c2)N(c2ccccc2)c2cc5c(cc2B4c2ccccc2N3c2ccccc2)c2c(N(c3ccccc3)c3ccccc3)cc(N(c3ccccc3)c3ccccc3)c3c4ccccc4n5c32)cc1. The first-order valence-electron chi connectivity index (χ1n) is 29.2. The van der Waals surface area contributed by atoms with Crippen LogP contribution in [0.2, 0.25) is 0 Å². The number of hydrogen-bond acceptors (Lipinski definition) is 5. The first kappa shape index (κ1) is 48.4. The molecule has 15 aromatic rings. The van der Waals surface area contributed by atoms with E-state index in [2.05, 4.69) is 350 Å². The van der Waals surface area contributed by atoms with E-state index in [1.807, 2.05) is 0 Å². The smallest absolute Gasteiger partial charge is 0.252 e. The Bertz CT molecular complexity index is 4830. The molecule has 0 spiro atoms. The number of nitrogens with zero attached hydrogens (tertiary/aromatic N) is 6. The molecule has 85 heavy (non-hydrogen) atoms. The van der Waals surface area contributed by atoms with Crippen LogP contribution in [-0.2, 0) is 0 Å². The maximum absolute atomic E-state index is 2.59. The van der Waals surface area contributed by atoms with Crippen molar-refractivity contribution in [1.82, 2.24) is 4.40 Å². The van der Waals surface area contributed by atoms with Gasteiger partial charge >= 0.3 is 0 Å². The Morgan fingerprint density at radius 2 is 0.647 bits per heavy atom. The van der Waals surface area contributed by atoms with Gasteiger partial charge in [-0.3, -0.25) is 0 Å². The van der Waals surface area contributed by atoms with E-state index in [-0.39, 0.29) is 6.71 Å². The Hall–Kier alpha value is -11.3. The van der Waals surface area contributed by atoms with E-state index in [1.54, 1.807) is 0 Å². The highest BCUT2D eigenvalue weighted by atomic mass is 15.2. The zero-order valence-corrected chi connectivity index (χ0v) is 46.4. The second kappa shape index (κ2) is 19.7. The summed E-state index contributed by atoms with van der Waals surface area (Å²) in [6.45, 7) is -0.154. The molecule has 0 radical (unpaired) electrons. The minimum absolute atomic E-state index is 0.154. The minimum Gasteiger partial charge on any atom is -0.311 e. The lowest BCUT2D eigenvalue weighted by Gasteiger charge is -2.45. The summed E-state index contributed by atoms with van der Waals surface area (Å²) in [6, 6.07) is 118. The van der Waals surface area contributed by atoms with Crippen LogP contribution in [0, 0.1) is 0 Å². The van der Waals surface area contributed by atoms with E-state index in [9.17, 15) is 0 Å². The van der Waals surface area contributed by atoms with Crippen LogP contribution >= 0.6 is 0 Å². The molecule has 0 saturated heterocycles. The van der Waals surface area contributed by atoms with Crippen LogP contribution in [0.15, 0.2) is 322 Å². The lowest BCUT2D eigenvalue weighted by Crippen LogP contribution is -2.61. The van der Waals surface area contributed by atoms with Crippen molar-refractivity contribution >= 4 is 147 Å². The first-order chi connectivity index (χ1) is 42.2. The molecule has 6 nitrogen and oxygen atoms in total. The minimum atomic E-state index is -0.154. The lowest BCUT2D eigenvalue weighted by atomic mass is 9.33. The quantitative estimate of drug-likeness (QED) is 0.120. The first-order valence-corrected chi connectivity index (χ1v) is 29.2. The van der Waals surface area contributed by atoms with Gasteiger partial charge in [-0.25, -0.2) is 0 Å². The zero-order valence-electron chi connectivity index (χ0n) is 46.4. The van der Waals surface area contributed by atoms with E-state index >= 15 is 0 Å². The van der Waals surface area contributed by atoms with Gasteiger partial charge in [-0.2, -0.15) is 0 Å². The molecule has 13 aromatic carbocycles. The Balaban J connectivity index is 1.04. The van der Waals surface area contributed by atoms with Gasteiger partial charge in [0.2, 0.25) is 0 Å². The highest BCUT2D eigenvalue weighted by Crippen LogP contribution is 2.55. The van der Waals surface area contributed by atoms with E-state index in [0.717, 1.165) is 96.3 Å². The Kier molecular flexibility index (Phi) is 11.2. The molecule has 0 atom stereocenters. The number of fused-ring (bicyclic) bond motifs is 10. The maximum atomic E-state index is 2.59. The van der Waals surface area contributed by atoms with Gasteiger partial charge in [0, 0.05) is 89.8 Å². The van der Waals surface area contributed by atoms with Crippen molar-refractivity contribution in [2.75, 3.05) is 24.5 Å². The predicted octanol–water partition coefficient (Wildman–Crippen LogP) is 19.3. The van der Waals surface area contributed by atoms with Crippen LogP contribution < -0.4 is 40.9 Å². The summed E-state index contributed by atoms with van der Waals surface area (Å²) in [5.74, 6) is 0. The van der Waals surface area contributed by atoms with Gasteiger partial charge < -0.3 is 28.9 Å². The molecule has 0 amide bonds. The molecule has 0 bridgehead atoms. The number of para-hydroxylation sites is 10. The van der Waals surface area contributed by atoms with Crippen molar-refractivity contribution in [1.29, 1.82) is 0 Å². The summed E-state index contributed by atoms with van der Waals surface area (Å²) < 4.78 is 2.59. The van der Waals surface area contributed by atoms with Crippen LogP contribution in [0.5, 0.6) is 0 Å². The van der Waals surface area contributed by atoms with Crippen molar-refractivity contribution in [2.45, 2.75) is 0 Å². The lowest BCUT2D eigenvalue weighted by molar-refractivity contribution is 1.23. The van der Waals surface area contributed by atoms with Crippen molar-refractivity contribution < 1.29 is 0 Å². The molecule has 398 valence electrons. The molecule has 2 aromatic heterocycles. The summed E-state index contributed by atoms with van der Waals surface area (Å²) in [5.41, 5.74) is 23.6. The van der Waals surface area contributed by atoms with Crippen LogP contribution in [0.25, 0.3) is 38.1 Å². The van der Waals surface area contributed by atoms with Crippen molar-refractivity contribution in [3.8, 4) is 0 Å². The molecule has 2 aliphatic heterocycles. The van der Waals surface area contributed by atoms with Gasteiger partial charge in [-0.1, -0.05) is 188 Å². The average molecular weight is 1090 g/mol. The second-order valence-corrected chi connectivity index (χ2v) is 22.0. The third-order valence-electron chi connectivity index (χ3n) is 17.3. The van der Waals surface area contributed by atoms with E-state index in [0.29, 0.717) is 0 Å². The van der Waals surface area contributed by atoms with Crippen LogP contribution in [0.1, 0.15) is 0 Å². The molecule has 0 aliphatic carbocycles. The van der Waals surface area contributed by atoms with Gasteiger partial charge in [-0.05, 0) is 150 Å².